The normalized spacial score (nSPS) is 17.6. The first kappa shape index (κ1) is 15.9. The van der Waals surface area contributed by atoms with Crippen molar-refractivity contribution in [3.05, 3.63) is 35.4 Å². The van der Waals surface area contributed by atoms with Gasteiger partial charge in [0.05, 0.1) is 12.6 Å². The molecule has 5 heteroatoms. The number of hydrogen-bond acceptors (Lipinski definition) is 4. The van der Waals surface area contributed by atoms with E-state index >= 15 is 0 Å². The third kappa shape index (κ3) is 4.81. The molecular formula is C16H25N3O2. The van der Waals surface area contributed by atoms with Crippen LogP contribution in [0.15, 0.2) is 24.3 Å². The van der Waals surface area contributed by atoms with Gasteiger partial charge in [-0.05, 0) is 24.6 Å². The highest BCUT2D eigenvalue weighted by molar-refractivity contribution is 5.82. The minimum absolute atomic E-state index is 0.0876. The molecule has 2 rings (SSSR count). The van der Waals surface area contributed by atoms with Crippen LogP contribution in [0.3, 0.4) is 0 Å². The van der Waals surface area contributed by atoms with E-state index in [9.17, 15) is 4.79 Å². The third-order valence-electron chi connectivity index (χ3n) is 3.87. The van der Waals surface area contributed by atoms with Crippen molar-refractivity contribution in [1.29, 1.82) is 0 Å². The lowest BCUT2D eigenvalue weighted by molar-refractivity contribution is -0.123. The van der Waals surface area contributed by atoms with Crippen molar-refractivity contribution in [2.45, 2.75) is 19.0 Å². The highest BCUT2D eigenvalue weighted by Gasteiger charge is 2.23. The molecule has 0 saturated carbocycles. The van der Waals surface area contributed by atoms with Crippen LogP contribution in [-0.2, 0) is 22.5 Å². The van der Waals surface area contributed by atoms with Crippen molar-refractivity contribution in [3.8, 4) is 0 Å². The molecule has 0 radical (unpaired) electrons. The first-order chi connectivity index (χ1) is 10.2. The lowest BCUT2D eigenvalue weighted by Gasteiger charge is -2.25. The molecular weight excluding hydrogens is 266 g/mol. The number of hydrogen-bond donors (Lipinski definition) is 2. The van der Waals surface area contributed by atoms with Gasteiger partial charge in [0.1, 0.15) is 0 Å². The zero-order chi connectivity index (χ0) is 15.1. The van der Waals surface area contributed by atoms with Gasteiger partial charge in [0.15, 0.2) is 0 Å². The lowest BCUT2D eigenvalue weighted by Crippen LogP contribution is -2.49. The SMILES string of the molecule is COCCN(C)CCNC(=O)C1Cc2ccccc2CN1. The van der Waals surface area contributed by atoms with E-state index in [0.29, 0.717) is 13.2 Å². The van der Waals surface area contributed by atoms with Gasteiger partial charge in [0.25, 0.3) is 0 Å². The fourth-order valence-electron chi connectivity index (χ4n) is 2.49. The Morgan fingerprint density at radius 2 is 2.14 bits per heavy atom. The predicted molar refractivity (Wildman–Crippen MR) is 83.2 cm³/mol. The topological polar surface area (TPSA) is 53.6 Å². The van der Waals surface area contributed by atoms with Crippen LogP contribution in [0.25, 0.3) is 0 Å². The third-order valence-corrected chi connectivity index (χ3v) is 3.87. The molecule has 1 aliphatic heterocycles. The molecule has 1 heterocycles. The first-order valence-electron chi connectivity index (χ1n) is 7.46. The largest absolute Gasteiger partial charge is 0.383 e. The van der Waals surface area contributed by atoms with E-state index in [1.54, 1.807) is 7.11 Å². The molecule has 1 amide bonds. The number of ether oxygens (including phenoxy) is 1. The lowest BCUT2D eigenvalue weighted by atomic mass is 9.95. The second-order valence-corrected chi connectivity index (χ2v) is 5.49. The number of carbonyl (C=O) groups excluding carboxylic acids is 1. The Bertz CT molecular complexity index is 465. The predicted octanol–water partition coefficient (Wildman–Crippen LogP) is 0.395. The van der Waals surface area contributed by atoms with Crippen LogP contribution in [0, 0.1) is 0 Å². The summed E-state index contributed by atoms with van der Waals surface area (Å²) in [7, 11) is 3.72. The zero-order valence-electron chi connectivity index (χ0n) is 12.9. The number of methoxy groups -OCH3 is 1. The summed E-state index contributed by atoms with van der Waals surface area (Å²) in [4.78, 5) is 14.3. The number of likely N-dealkylation sites (N-methyl/N-ethyl adjacent to an activating group) is 1. The van der Waals surface area contributed by atoms with Crippen LogP contribution >= 0.6 is 0 Å². The summed E-state index contributed by atoms with van der Waals surface area (Å²) in [5.41, 5.74) is 2.56. The molecule has 0 fully saturated rings. The van der Waals surface area contributed by atoms with E-state index in [1.807, 2.05) is 19.2 Å². The summed E-state index contributed by atoms with van der Waals surface area (Å²) in [6, 6.07) is 8.17. The number of benzene rings is 1. The Morgan fingerprint density at radius 3 is 2.90 bits per heavy atom. The van der Waals surface area contributed by atoms with E-state index in [0.717, 1.165) is 26.1 Å². The highest BCUT2D eigenvalue weighted by atomic mass is 16.5. The molecule has 1 atom stereocenters. The Morgan fingerprint density at radius 1 is 1.38 bits per heavy atom. The second-order valence-electron chi connectivity index (χ2n) is 5.49. The highest BCUT2D eigenvalue weighted by Crippen LogP contribution is 2.16. The molecule has 1 aromatic carbocycles. The second kappa shape index (κ2) is 8.12. The number of carbonyl (C=O) groups is 1. The van der Waals surface area contributed by atoms with E-state index in [1.165, 1.54) is 11.1 Å². The number of rotatable bonds is 7. The summed E-state index contributed by atoms with van der Waals surface area (Å²) in [5.74, 6) is 0.0876. The smallest absolute Gasteiger partial charge is 0.237 e. The van der Waals surface area contributed by atoms with Crippen LogP contribution in [0.1, 0.15) is 11.1 Å². The van der Waals surface area contributed by atoms with Gasteiger partial charge in [-0.3, -0.25) is 4.79 Å². The summed E-state index contributed by atoms with van der Waals surface area (Å²) < 4.78 is 5.03. The van der Waals surface area contributed by atoms with Crippen LogP contribution in [0.2, 0.25) is 0 Å². The van der Waals surface area contributed by atoms with E-state index in [2.05, 4.69) is 27.7 Å². The van der Waals surface area contributed by atoms with Gasteiger partial charge in [-0.2, -0.15) is 0 Å². The van der Waals surface area contributed by atoms with Gasteiger partial charge in [0, 0.05) is 33.3 Å². The molecule has 116 valence electrons. The summed E-state index contributed by atoms with van der Waals surface area (Å²) in [6.45, 7) is 3.85. The average Bonchev–Trinajstić information content (AvgIpc) is 2.52. The Kier molecular flexibility index (Phi) is 6.17. The van der Waals surface area contributed by atoms with Crippen LogP contribution in [0.5, 0.6) is 0 Å². The van der Waals surface area contributed by atoms with Crippen LogP contribution < -0.4 is 10.6 Å². The van der Waals surface area contributed by atoms with Crippen LogP contribution in [-0.4, -0.2) is 57.2 Å². The van der Waals surface area contributed by atoms with Gasteiger partial charge in [-0.1, -0.05) is 24.3 Å². The molecule has 21 heavy (non-hydrogen) atoms. The van der Waals surface area contributed by atoms with Crippen molar-refractivity contribution in [2.24, 2.45) is 0 Å². The molecule has 0 spiro atoms. The minimum Gasteiger partial charge on any atom is -0.383 e. The maximum Gasteiger partial charge on any atom is 0.237 e. The van der Waals surface area contributed by atoms with Crippen molar-refractivity contribution in [2.75, 3.05) is 40.4 Å². The van der Waals surface area contributed by atoms with Crippen molar-refractivity contribution in [3.63, 3.8) is 0 Å². The Labute approximate surface area is 126 Å². The molecule has 1 aromatic rings. The molecule has 1 aliphatic rings. The molecule has 0 bridgehead atoms. The first-order valence-corrected chi connectivity index (χ1v) is 7.46. The van der Waals surface area contributed by atoms with Crippen molar-refractivity contribution in [1.82, 2.24) is 15.5 Å². The average molecular weight is 291 g/mol. The summed E-state index contributed by atoms with van der Waals surface area (Å²) in [6.07, 6.45) is 0.765. The van der Waals surface area contributed by atoms with Gasteiger partial charge >= 0.3 is 0 Å². The molecule has 5 nitrogen and oxygen atoms in total. The summed E-state index contributed by atoms with van der Waals surface area (Å²) in [5, 5.41) is 6.31. The van der Waals surface area contributed by atoms with Crippen molar-refractivity contribution >= 4 is 5.91 Å². The molecule has 0 aliphatic carbocycles. The molecule has 1 unspecified atom stereocenters. The number of amides is 1. The summed E-state index contributed by atoms with van der Waals surface area (Å²) >= 11 is 0. The van der Waals surface area contributed by atoms with E-state index in [4.69, 9.17) is 4.74 Å². The zero-order valence-corrected chi connectivity index (χ0v) is 12.9. The van der Waals surface area contributed by atoms with Crippen molar-refractivity contribution < 1.29 is 9.53 Å². The Balaban J connectivity index is 1.72. The molecule has 0 aromatic heterocycles. The number of fused-ring (bicyclic) bond motifs is 1. The standard InChI is InChI=1S/C16H25N3O2/c1-19(9-10-21-2)8-7-17-16(20)15-11-13-5-3-4-6-14(13)12-18-15/h3-6,15,18H,7-12H2,1-2H3,(H,17,20). The van der Waals surface area contributed by atoms with E-state index < -0.39 is 0 Å². The molecule has 2 N–H and O–H groups in total. The number of nitrogens with one attached hydrogen (secondary N) is 2. The fourth-order valence-corrected chi connectivity index (χ4v) is 2.49. The maximum absolute atomic E-state index is 12.2. The van der Waals surface area contributed by atoms with Crippen LogP contribution in [0.4, 0.5) is 0 Å². The molecule has 0 saturated heterocycles. The van der Waals surface area contributed by atoms with E-state index in [-0.39, 0.29) is 11.9 Å². The van der Waals surface area contributed by atoms with Gasteiger partial charge < -0.3 is 20.3 Å². The maximum atomic E-state index is 12.2. The monoisotopic (exact) mass is 291 g/mol. The van der Waals surface area contributed by atoms with Gasteiger partial charge in [-0.25, -0.2) is 0 Å². The quantitative estimate of drug-likeness (QED) is 0.763. The van der Waals surface area contributed by atoms with Gasteiger partial charge in [0.2, 0.25) is 5.91 Å². The minimum atomic E-state index is -0.121. The fraction of sp³-hybridized carbons (Fsp3) is 0.562. The van der Waals surface area contributed by atoms with Gasteiger partial charge in [-0.15, -0.1) is 0 Å². The number of nitrogens with zero attached hydrogens (tertiary/aromatic N) is 1. The Hall–Kier alpha value is -1.43.